The van der Waals surface area contributed by atoms with E-state index in [2.05, 4.69) is 15.5 Å². The van der Waals surface area contributed by atoms with Gasteiger partial charge >= 0.3 is 6.15 Å². The van der Waals surface area contributed by atoms with Gasteiger partial charge in [-0.2, -0.15) is 9.59 Å². The van der Waals surface area contributed by atoms with Crippen LogP contribution in [0, 0.1) is 19.3 Å². The number of nitrogens with zero attached hydrogens (tertiary/aromatic N) is 2. The number of rotatable bonds is 4. The Bertz CT molecular complexity index is 1100. The van der Waals surface area contributed by atoms with E-state index < -0.39 is 17.3 Å². The van der Waals surface area contributed by atoms with Crippen LogP contribution in [0.15, 0.2) is 36.4 Å². The molecule has 0 aliphatic heterocycles. The molecular weight excluding hydrogens is 443 g/mol. The quantitative estimate of drug-likeness (QED) is 0.470. The second-order valence-electron chi connectivity index (χ2n) is 8.46. The molecule has 2 rings (SSSR count). The van der Waals surface area contributed by atoms with Crippen molar-refractivity contribution in [3.8, 4) is 0 Å². The molecule has 0 saturated heterocycles. The van der Waals surface area contributed by atoms with E-state index in [9.17, 15) is 9.18 Å². The van der Waals surface area contributed by atoms with Crippen LogP contribution >= 0.6 is 12.2 Å². The monoisotopic (exact) mass is 470 g/mol. The maximum Gasteiger partial charge on any atom is 0.373 e. The van der Waals surface area contributed by atoms with E-state index in [-0.39, 0.29) is 17.8 Å². The van der Waals surface area contributed by atoms with Crippen molar-refractivity contribution in [1.82, 2.24) is 5.32 Å². The Morgan fingerprint density at radius 3 is 2.24 bits per heavy atom. The Kier molecular flexibility index (Phi) is 9.86. The lowest BCUT2D eigenvalue weighted by Gasteiger charge is -2.30. The van der Waals surface area contributed by atoms with Gasteiger partial charge in [0.1, 0.15) is 5.82 Å². The van der Waals surface area contributed by atoms with Crippen molar-refractivity contribution in [1.29, 1.82) is 0 Å². The summed E-state index contributed by atoms with van der Waals surface area (Å²) in [4.78, 5) is 33.8. The van der Waals surface area contributed by atoms with Crippen molar-refractivity contribution in [3.05, 3.63) is 64.8 Å². The van der Waals surface area contributed by atoms with E-state index in [1.165, 1.54) is 12.1 Å². The van der Waals surface area contributed by atoms with Gasteiger partial charge in [-0.25, -0.2) is 9.24 Å². The van der Waals surface area contributed by atoms with Crippen LogP contribution in [0.25, 0.3) is 4.85 Å². The third-order valence-corrected chi connectivity index (χ3v) is 4.57. The third kappa shape index (κ3) is 8.11. The summed E-state index contributed by atoms with van der Waals surface area (Å²) in [5.41, 5.74) is 2.24. The molecule has 0 spiro atoms. The zero-order valence-electron chi connectivity index (χ0n) is 19.4. The molecule has 0 aromatic heterocycles. The number of halogens is 1. The molecule has 0 fully saturated rings. The van der Waals surface area contributed by atoms with Gasteiger partial charge in [-0.3, -0.25) is 4.79 Å². The summed E-state index contributed by atoms with van der Waals surface area (Å²) >= 11 is 5.57. The van der Waals surface area contributed by atoms with Crippen LogP contribution in [0.4, 0.5) is 21.5 Å². The summed E-state index contributed by atoms with van der Waals surface area (Å²) in [6, 6.07) is 9.78. The SMILES string of the molecule is O=C=O.[C-]#[N+]c1ccc(NC(=S)N(c2ccc(C(=O)NC(C)(C)C)c(F)c2)C(C)C)cc1C. The molecule has 2 aromatic rings. The van der Waals surface area contributed by atoms with Crippen LogP contribution in [0.5, 0.6) is 0 Å². The van der Waals surface area contributed by atoms with Crippen molar-refractivity contribution in [3.63, 3.8) is 0 Å². The summed E-state index contributed by atoms with van der Waals surface area (Å²) < 4.78 is 14.7. The maximum absolute atomic E-state index is 14.7. The highest BCUT2D eigenvalue weighted by atomic mass is 32.1. The fourth-order valence-corrected chi connectivity index (χ4v) is 3.37. The summed E-state index contributed by atoms with van der Waals surface area (Å²) in [7, 11) is 0. The number of nitrogens with one attached hydrogen (secondary N) is 2. The van der Waals surface area contributed by atoms with Gasteiger partial charge in [-0.05, 0) is 89.7 Å². The highest BCUT2D eigenvalue weighted by Gasteiger charge is 2.22. The first-order chi connectivity index (χ1) is 15.3. The summed E-state index contributed by atoms with van der Waals surface area (Å²) in [5, 5.41) is 6.32. The Morgan fingerprint density at radius 2 is 1.79 bits per heavy atom. The van der Waals surface area contributed by atoms with Gasteiger partial charge in [0, 0.05) is 23.0 Å². The molecule has 0 radical (unpaired) electrons. The number of hydrogen-bond donors (Lipinski definition) is 2. The largest absolute Gasteiger partial charge is 0.373 e. The number of anilines is 2. The molecule has 9 heteroatoms. The molecule has 0 aliphatic carbocycles. The topological polar surface area (TPSA) is 82.9 Å². The average Bonchev–Trinajstić information content (AvgIpc) is 2.67. The minimum Gasteiger partial charge on any atom is -0.347 e. The maximum atomic E-state index is 14.7. The second kappa shape index (κ2) is 11.9. The Balaban J connectivity index is 0.00000172. The van der Waals surface area contributed by atoms with Crippen LogP contribution in [0.1, 0.15) is 50.5 Å². The van der Waals surface area contributed by atoms with Crippen LogP contribution in [-0.4, -0.2) is 28.8 Å². The standard InChI is InChI=1S/C23H27FN4OS.CO2/c1-14(2)28(22(30)26-16-8-11-20(25-7)15(3)12-16)17-9-10-18(19(24)13-17)21(29)27-23(4,5)6;2-1-3/h8-14H,1-6H3,(H,26,30)(H,27,29);. The fourth-order valence-electron chi connectivity index (χ4n) is 2.94. The molecule has 0 saturated carbocycles. The van der Waals surface area contributed by atoms with Crippen LogP contribution in [0.3, 0.4) is 0 Å². The van der Waals surface area contributed by atoms with Crippen molar-refractivity contribution in [2.24, 2.45) is 0 Å². The molecule has 174 valence electrons. The van der Waals surface area contributed by atoms with E-state index in [0.29, 0.717) is 16.5 Å². The lowest BCUT2D eigenvalue weighted by molar-refractivity contribution is -0.191. The molecule has 33 heavy (non-hydrogen) atoms. The van der Waals surface area contributed by atoms with Crippen molar-refractivity contribution < 1.29 is 18.8 Å². The van der Waals surface area contributed by atoms with Crippen molar-refractivity contribution in [2.75, 3.05) is 10.2 Å². The minimum atomic E-state index is -0.611. The second-order valence-corrected chi connectivity index (χ2v) is 8.85. The lowest BCUT2D eigenvalue weighted by Crippen LogP contribution is -2.41. The number of carbonyl (C=O) groups excluding carboxylic acids is 3. The Hall–Kier alpha value is -3.60. The normalized spacial score (nSPS) is 10.3. The Labute approximate surface area is 198 Å². The molecule has 0 atom stereocenters. The van der Waals surface area contributed by atoms with Gasteiger partial charge in [0.05, 0.1) is 12.1 Å². The number of hydrogen-bond acceptors (Lipinski definition) is 4. The first-order valence-electron chi connectivity index (χ1n) is 10.0. The number of benzene rings is 2. The van der Waals surface area contributed by atoms with Gasteiger partial charge in [0.25, 0.3) is 5.91 Å². The van der Waals surface area contributed by atoms with E-state index >= 15 is 0 Å². The zero-order chi connectivity index (χ0) is 25.3. The molecule has 0 heterocycles. The lowest BCUT2D eigenvalue weighted by atomic mass is 10.1. The minimum absolute atomic E-state index is 0.0124. The number of thiocarbonyl (C=S) groups is 1. The molecule has 2 aromatic carbocycles. The molecule has 0 bridgehead atoms. The first kappa shape index (κ1) is 27.4. The van der Waals surface area contributed by atoms with Crippen LogP contribution < -0.4 is 15.5 Å². The highest BCUT2D eigenvalue weighted by molar-refractivity contribution is 7.80. The van der Waals surface area contributed by atoms with Gasteiger partial charge in [-0.15, -0.1) is 0 Å². The van der Waals surface area contributed by atoms with Gasteiger partial charge < -0.3 is 15.5 Å². The Morgan fingerprint density at radius 1 is 1.18 bits per heavy atom. The molecule has 0 aliphatic rings. The molecular formula is C24H27FN4O3S. The van der Waals surface area contributed by atoms with E-state index in [0.717, 1.165) is 11.3 Å². The fraction of sp³-hybridized carbons (Fsp3) is 0.333. The van der Waals surface area contributed by atoms with E-state index in [4.69, 9.17) is 28.4 Å². The molecule has 2 N–H and O–H groups in total. The van der Waals surface area contributed by atoms with Crippen LogP contribution in [0.2, 0.25) is 0 Å². The zero-order valence-corrected chi connectivity index (χ0v) is 20.3. The number of amides is 1. The number of carbonyl (C=O) groups is 1. The van der Waals surface area contributed by atoms with Crippen LogP contribution in [-0.2, 0) is 9.59 Å². The predicted molar refractivity (Wildman–Crippen MR) is 130 cm³/mol. The number of aryl methyl sites for hydroxylation is 1. The van der Waals surface area contributed by atoms with Gasteiger partial charge in [-0.1, -0.05) is 6.07 Å². The summed E-state index contributed by atoms with van der Waals surface area (Å²) in [6.07, 6.45) is 0.250. The third-order valence-electron chi connectivity index (χ3n) is 4.27. The smallest absolute Gasteiger partial charge is 0.347 e. The average molecular weight is 471 g/mol. The summed E-state index contributed by atoms with van der Waals surface area (Å²) in [5.74, 6) is -1.07. The summed E-state index contributed by atoms with van der Waals surface area (Å²) in [6.45, 7) is 18.4. The molecule has 0 unspecified atom stereocenters. The van der Waals surface area contributed by atoms with E-state index in [1.807, 2.05) is 47.6 Å². The van der Waals surface area contributed by atoms with Crippen molar-refractivity contribution >= 4 is 46.5 Å². The molecule has 1 amide bonds. The highest BCUT2D eigenvalue weighted by Crippen LogP contribution is 2.25. The molecule has 7 nitrogen and oxygen atoms in total. The van der Waals surface area contributed by atoms with E-state index in [1.54, 1.807) is 23.1 Å². The predicted octanol–water partition coefficient (Wildman–Crippen LogP) is 5.24. The first-order valence-corrected chi connectivity index (χ1v) is 10.4. The van der Waals surface area contributed by atoms with Gasteiger partial charge in [0.15, 0.2) is 10.8 Å². The van der Waals surface area contributed by atoms with Gasteiger partial charge in [0.2, 0.25) is 0 Å². The van der Waals surface area contributed by atoms with Crippen molar-refractivity contribution in [2.45, 2.75) is 53.1 Å².